The van der Waals surface area contributed by atoms with E-state index in [4.69, 9.17) is 23.1 Å². The number of benzene rings is 1. The second-order valence-electron chi connectivity index (χ2n) is 3.25. The van der Waals surface area contributed by atoms with Gasteiger partial charge < -0.3 is 10.0 Å². The van der Waals surface area contributed by atoms with Crippen LogP contribution in [0.3, 0.4) is 0 Å². The number of carboxylic acid groups (broad SMARTS) is 1. The summed E-state index contributed by atoms with van der Waals surface area (Å²) in [5.41, 5.74) is 0.769. The predicted octanol–water partition coefficient (Wildman–Crippen LogP) is 2.25. The highest BCUT2D eigenvalue weighted by atomic mass is 35.5. The SMILES string of the molecule is C#CCCN(CC(=O)O)c1cccc(Cl)c1. The summed E-state index contributed by atoms with van der Waals surface area (Å²) in [6.07, 6.45) is 5.67. The van der Waals surface area contributed by atoms with Crippen LogP contribution in [0.1, 0.15) is 6.42 Å². The Labute approximate surface area is 99.6 Å². The first-order chi connectivity index (χ1) is 7.63. The summed E-state index contributed by atoms with van der Waals surface area (Å²) in [6, 6.07) is 7.06. The van der Waals surface area contributed by atoms with Gasteiger partial charge in [-0.1, -0.05) is 17.7 Å². The van der Waals surface area contributed by atoms with Gasteiger partial charge in [0.15, 0.2) is 0 Å². The minimum Gasteiger partial charge on any atom is -0.480 e. The maximum absolute atomic E-state index is 10.7. The van der Waals surface area contributed by atoms with E-state index in [-0.39, 0.29) is 6.54 Å². The molecule has 4 heteroatoms. The quantitative estimate of drug-likeness (QED) is 0.799. The van der Waals surface area contributed by atoms with Crippen LogP contribution in [0, 0.1) is 12.3 Å². The second kappa shape index (κ2) is 6.04. The van der Waals surface area contributed by atoms with Crippen LogP contribution < -0.4 is 4.90 Å². The lowest BCUT2D eigenvalue weighted by atomic mass is 10.2. The Balaban J connectivity index is 2.83. The largest absolute Gasteiger partial charge is 0.480 e. The van der Waals surface area contributed by atoms with Crippen LogP contribution in [0.15, 0.2) is 24.3 Å². The molecule has 0 aliphatic carbocycles. The zero-order valence-corrected chi connectivity index (χ0v) is 9.44. The van der Waals surface area contributed by atoms with Crippen molar-refractivity contribution in [3.05, 3.63) is 29.3 Å². The van der Waals surface area contributed by atoms with E-state index >= 15 is 0 Å². The summed E-state index contributed by atoms with van der Waals surface area (Å²) >= 11 is 5.85. The fourth-order valence-electron chi connectivity index (χ4n) is 1.34. The number of halogens is 1. The molecule has 84 valence electrons. The number of terminal acetylenes is 1. The number of aliphatic carboxylic acids is 1. The molecule has 0 radical (unpaired) electrons. The Morgan fingerprint density at radius 3 is 2.88 bits per heavy atom. The van der Waals surface area contributed by atoms with Gasteiger partial charge in [-0.3, -0.25) is 4.79 Å². The summed E-state index contributed by atoms with van der Waals surface area (Å²) in [6.45, 7) is 0.422. The molecule has 0 saturated heterocycles. The number of hydrogen-bond acceptors (Lipinski definition) is 2. The third-order valence-electron chi connectivity index (χ3n) is 2.03. The van der Waals surface area contributed by atoms with Gasteiger partial charge in [-0.2, -0.15) is 0 Å². The summed E-state index contributed by atoms with van der Waals surface area (Å²) in [5, 5.41) is 9.36. The van der Waals surface area contributed by atoms with Gasteiger partial charge in [0.1, 0.15) is 6.54 Å². The van der Waals surface area contributed by atoms with Gasteiger partial charge in [0.25, 0.3) is 0 Å². The second-order valence-corrected chi connectivity index (χ2v) is 3.69. The minimum absolute atomic E-state index is 0.0813. The van der Waals surface area contributed by atoms with Crippen molar-refractivity contribution < 1.29 is 9.90 Å². The standard InChI is InChI=1S/C12H12ClNO2/c1-2-3-7-14(9-12(15)16)11-6-4-5-10(13)8-11/h1,4-6,8H,3,7,9H2,(H,15,16). The fourth-order valence-corrected chi connectivity index (χ4v) is 1.52. The molecule has 0 bridgehead atoms. The Hall–Kier alpha value is -1.66. The molecule has 0 unspecified atom stereocenters. The van der Waals surface area contributed by atoms with Gasteiger partial charge in [0.05, 0.1) is 0 Å². The van der Waals surface area contributed by atoms with Crippen molar-refractivity contribution in [2.24, 2.45) is 0 Å². The molecule has 0 aliphatic rings. The van der Waals surface area contributed by atoms with Gasteiger partial charge in [-0.25, -0.2) is 0 Å². The van der Waals surface area contributed by atoms with Crippen LogP contribution in [0.2, 0.25) is 5.02 Å². The molecule has 16 heavy (non-hydrogen) atoms. The van der Waals surface area contributed by atoms with E-state index in [0.717, 1.165) is 5.69 Å². The summed E-state index contributed by atoms with van der Waals surface area (Å²) in [5.74, 6) is 1.60. The minimum atomic E-state index is -0.892. The van der Waals surface area contributed by atoms with E-state index in [2.05, 4.69) is 5.92 Å². The zero-order valence-electron chi connectivity index (χ0n) is 8.69. The number of hydrogen-bond donors (Lipinski definition) is 1. The summed E-state index contributed by atoms with van der Waals surface area (Å²) < 4.78 is 0. The van der Waals surface area contributed by atoms with Crippen molar-refractivity contribution in [2.75, 3.05) is 18.0 Å². The van der Waals surface area contributed by atoms with E-state index in [1.54, 1.807) is 23.1 Å². The van der Waals surface area contributed by atoms with Gasteiger partial charge in [0, 0.05) is 23.7 Å². The lowest BCUT2D eigenvalue weighted by Crippen LogP contribution is -2.30. The normalized spacial score (nSPS) is 9.50. The van der Waals surface area contributed by atoms with E-state index in [0.29, 0.717) is 18.0 Å². The highest BCUT2D eigenvalue weighted by Gasteiger charge is 2.10. The molecular formula is C12H12ClNO2. The van der Waals surface area contributed by atoms with Crippen molar-refractivity contribution in [3.8, 4) is 12.3 Å². The van der Waals surface area contributed by atoms with Crippen LogP contribution in [-0.4, -0.2) is 24.2 Å². The molecule has 0 fully saturated rings. The molecule has 0 atom stereocenters. The van der Waals surface area contributed by atoms with Crippen molar-refractivity contribution >= 4 is 23.3 Å². The smallest absolute Gasteiger partial charge is 0.323 e. The molecule has 0 heterocycles. The molecule has 0 saturated carbocycles. The first-order valence-electron chi connectivity index (χ1n) is 4.79. The number of rotatable bonds is 5. The average molecular weight is 238 g/mol. The Morgan fingerprint density at radius 1 is 1.56 bits per heavy atom. The van der Waals surface area contributed by atoms with Gasteiger partial charge in [-0.15, -0.1) is 12.3 Å². The molecular weight excluding hydrogens is 226 g/mol. The highest BCUT2D eigenvalue weighted by Crippen LogP contribution is 2.19. The number of carbonyl (C=O) groups is 1. The molecule has 1 rings (SSSR count). The molecule has 0 aromatic heterocycles. The first kappa shape index (κ1) is 12.4. The highest BCUT2D eigenvalue weighted by molar-refractivity contribution is 6.30. The van der Waals surface area contributed by atoms with Crippen LogP contribution in [0.4, 0.5) is 5.69 Å². The lowest BCUT2D eigenvalue weighted by molar-refractivity contribution is -0.135. The van der Waals surface area contributed by atoms with Crippen LogP contribution in [0.5, 0.6) is 0 Å². The molecule has 1 aromatic carbocycles. The van der Waals surface area contributed by atoms with E-state index in [1.165, 1.54) is 0 Å². The number of carboxylic acids is 1. The molecule has 1 aromatic rings. The zero-order chi connectivity index (χ0) is 12.0. The Morgan fingerprint density at radius 2 is 2.31 bits per heavy atom. The summed E-state index contributed by atoms with van der Waals surface area (Å²) in [7, 11) is 0. The Bertz CT molecular complexity index is 412. The monoisotopic (exact) mass is 237 g/mol. The summed E-state index contributed by atoms with van der Waals surface area (Å²) in [4.78, 5) is 12.4. The maximum atomic E-state index is 10.7. The van der Waals surface area contributed by atoms with Crippen molar-refractivity contribution in [1.29, 1.82) is 0 Å². The lowest BCUT2D eigenvalue weighted by Gasteiger charge is -2.21. The van der Waals surface area contributed by atoms with Gasteiger partial charge in [-0.05, 0) is 18.2 Å². The first-order valence-corrected chi connectivity index (χ1v) is 5.17. The molecule has 0 amide bonds. The number of anilines is 1. The molecule has 0 spiro atoms. The van der Waals surface area contributed by atoms with Crippen LogP contribution in [0.25, 0.3) is 0 Å². The predicted molar refractivity (Wildman–Crippen MR) is 64.8 cm³/mol. The van der Waals surface area contributed by atoms with Crippen LogP contribution in [-0.2, 0) is 4.79 Å². The number of nitrogens with zero attached hydrogens (tertiary/aromatic N) is 1. The average Bonchev–Trinajstić information content (AvgIpc) is 2.23. The topological polar surface area (TPSA) is 40.5 Å². The Kier molecular flexibility index (Phi) is 4.68. The van der Waals surface area contributed by atoms with Crippen LogP contribution >= 0.6 is 11.6 Å². The van der Waals surface area contributed by atoms with E-state index in [1.807, 2.05) is 6.07 Å². The van der Waals surface area contributed by atoms with Crippen molar-refractivity contribution in [1.82, 2.24) is 0 Å². The third kappa shape index (κ3) is 3.84. The molecule has 0 aliphatic heterocycles. The van der Waals surface area contributed by atoms with Gasteiger partial charge in [0.2, 0.25) is 0 Å². The van der Waals surface area contributed by atoms with E-state index in [9.17, 15) is 4.79 Å². The third-order valence-corrected chi connectivity index (χ3v) is 2.26. The fraction of sp³-hybridized carbons (Fsp3) is 0.250. The van der Waals surface area contributed by atoms with Gasteiger partial charge >= 0.3 is 5.97 Å². The molecule has 1 N–H and O–H groups in total. The van der Waals surface area contributed by atoms with E-state index < -0.39 is 5.97 Å². The molecule has 3 nitrogen and oxygen atoms in total. The maximum Gasteiger partial charge on any atom is 0.323 e. The van der Waals surface area contributed by atoms with Crippen molar-refractivity contribution in [2.45, 2.75) is 6.42 Å². The van der Waals surface area contributed by atoms with Crippen molar-refractivity contribution in [3.63, 3.8) is 0 Å².